The molecule has 4 unspecified atom stereocenters. The summed E-state index contributed by atoms with van der Waals surface area (Å²) in [7, 11) is -9.92. The molecule has 0 aromatic carbocycles. The predicted octanol–water partition coefficient (Wildman–Crippen LogP) is 24.0. The van der Waals surface area contributed by atoms with Crippen LogP contribution in [0.5, 0.6) is 0 Å². The first-order chi connectivity index (χ1) is 48.2. The summed E-state index contributed by atoms with van der Waals surface area (Å²) in [6.45, 7) is 14.2. The molecule has 0 aromatic rings. The maximum Gasteiger partial charge on any atom is 0.472 e. The van der Waals surface area contributed by atoms with Crippen molar-refractivity contribution >= 4 is 39.5 Å². The molecule has 17 nitrogen and oxygen atoms in total. The fourth-order valence-electron chi connectivity index (χ4n) is 12.4. The van der Waals surface area contributed by atoms with Gasteiger partial charge in [-0.25, -0.2) is 9.13 Å². The van der Waals surface area contributed by atoms with Gasteiger partial charge in [-0.2, -0.15) is 0 Å². The summed E-state index contributed by atoms with van der Waals surface area (Å²) in [6.07, 6.45) is 57.2. The fraction of sp³-hybridized carbons (Fsp3) is 0.951. The number of aliphatic hydroxyl groups excluding tert-OH is 1. The van der Waals surface area contributed by atoms with E-state index in [4.69, 9.17) is 37.0 Å². The highest BCUT2D eigenvalue weighted by Crippen LogP contribution is 2.45. The van der Waals surface area contributed by atoms with Crippen LogP contribution in [0, 0.1) is 23.7 Å². The van der Waals surface area contributed by atoms with Crippen LogP contribution in [0.15, 0.2) is 0 Å². The standard InChI is InChI=1S/C81H158O17P2/c1-9-73(7)59-51-43-35-29-25-21-17-13-11-12-14-18-22-26-30-36-45-53-61-78(83)91-67-76(98-81(86)64-56-48-38-32-34-42-50-58-72(5)6)69-95-99(87,88)93-65-75(82)66-94-100(89,90)96-70-77(68-92-79(84)62-54-46-40-39-44-52-60-74(8)10-2)97-80(85)63-55-47-37-31-27-23-19-15-16-20-24-28-33-41-49-57-71(3)4/h71-77,82H,9-70H2,1-8H3,(H,87,88)(H,89,90)/t73?,74?,75-,76-,77-/m1/s1. The number of hydrogen-bond donors (Lipinski definition) is 3. The van der Waals surface area contributed by atoms with Crippen molar-refractivity contribution in [3.8, 4) is 0 Å². The smallest absolute Gasteiger partial charge is 0.462 e. The van der Waals surface area contributed by atoms with Crippen molar-refractivity contribution < 1.29 is 80.2 Å². The Bertz CT molecular complexity index is 1960. The van der Waals surface area contributed by atoms with Crippen LogP contribution in [-0.4, -0.2) is 96.7 Å². The van der Waals surface area contributed by atoms with Crippen molar-refractivity contribution in [3.63, 3.8) is 0 Å². The Hall–Kier alpha value is -1.94. The Morgan fingerprint density at radius 2 is 0.480 bits per heavy atom. The van der Waals surface area contributed by atoms with E-state index in [1.165, 1.54) is 212 Å². The van der Waals surface area contributed by atoms with E-state index < -0.39 is 97.5 Å². The first-order valence-corrected chi connectivity index (χ1v) is 44.8. The minimum absolute atomic E-state index is 0.104. The lowest BCUT2D eigenvalue weighted by atomic mass is 9.99. The maximum absolute atomic E-state index is 13.1. The Morgan fingerprint density at radius 3 is 0.710 bits per heavy atom. The summed E-state index contributed by atoms with van der Waals surface area (Å²) in [6, 6.07) is 0. The second-order valence-corrected chi connectivity index (χ2v) is 33.5. The van der Waals surface area contributed by atoms with Gasteiger partial charge in [0.15, 0.2) is 12.2 Å². The van der Waals surface area contributed by atoms with E-state index in [2.05, 4.69) is 55.4 Å². The zero-order chi connectivity index (χ0) is 73.8. The first kappa shape index (κ1) is 98.1. The van der Waals surface area contributed by atoms with Crippen molar-refractivity contribution in [2.45, 2.75) is 433 Å². The van der Waals surface area contributed by atoms with E-state index >= 15 is 0 Å². The number of phosphoric acid groups is 2. The molecular formula is C81H158O17P2. The summed E-state index contributed by atoms with van der Waals surface area (Å²) in [5.74, 6) is 0.984. The van der Waals surface area contributed by atoms with Gasteiger partial charge in [0.05, 0.1) is 26.4 Å². The van der Waals surface area contributed by atoms with Gasteiger partial charge in [-0.3, -0.25) is 37.3 Å². The van der Waals surface area contributed by atoms with Crippen molar-refractivity contribution in [1.82, 2.24) is 0 Å². The van der Waals surface area contributed by atoms with Crippen molar-refractivity contribution in [2.24, 2.45) is 23.7 Å². The summed E-state index contributed by atoms with van der Waals surface area (Å²) < 4.78 is 68.6. The molecule has 0 aromatic heterocycles. The molecule has 0 radical (unpaired) electrons. The summed E-state index contributed by atoms with van der Waals surface area (Å²) >= 11 is 0. The topological polar surface area (TPSA) is 237 Å². The molecule has 0 spiro atoms. The van der Waals surface area contributed by atoms with Crippen molar-refractivity contribution in [1.29, 1.82) is 0 Å². The first-order valence-electron chi connectivity index (χ1n) is 41.8. The second-order valence-electron chi connectivity index (χ2n) is 30.6. The Balaban J connectivity index is 5.13. The molecule has 0 saturated heterocycles. The highest BCUT2D eigenvalue weighted by atomic mass is 31.2. The molecule has 0 rings (SSSR count). The molecule has 3 N–H and O–H groups in total. The Morgan fingerprint density at radius 1 is 0.280 bits per heavy atom. The lowest BCUT2D eigenvalue weighted by molar-refractivity contribution is -0.161. The van der Waals surface area contributed by atoms with Gasteiger partial charge in [0.1, 0.15) is 19.3 Å². The van der Waals surface area contributed by atoms with E-state index in [9.17, 15) is 43.2 Å². The van der Waals surface area contributed by atoms with Gasteiger partial charge < -0.3 is 33.8 Å². The molecule has 0 heterocycles. The van der Waals surface area contributed by atoms with E-state index in [-0.39, 0.29) is 25.7 Å². The number of unbranched alkanes of at least 4 members (excludes halogenated alkanes) is 42. The van der Waals surface area contributed by atoms with E-state index in [0.29, 0.717) is 31.6 Å². The third-order valence-corrected chi connectivity index (χ3v) is 21.4. The number of carbonyl (C=O) groups is 4. The summed E-state index contributed by atoms with van der Waals surface area (Å²) in [5.41, 5.74) is 0. The quantitative estimate of drug-likeness (QED) is 0.0222. The maximum atomic E-state index is 13.1. The third-order valence-electron chi connectivity index (χ3n) is 19.5. The number of esters is 4. The summed E-state index contributed by atoms with van der Waals surface area (Å²) in [5, 5.41) is 10.6. The van der Waals surface area contributed by atoms with Gasteiger partial charge in [0.25, 0.3) is 0 Å². The van der Waals surface area contributed by atoms with Crippen LogP contribution in [0.2, 0.25) is 0 Å². The number of phosphoric ester groups is 2. The van der Waals surface area contributed by atoms with Gasteiger partial charge in [-0.05, 0) is 49.4 Å². The molecule has 0 bridgehead atoms. The minimum Gasteiger partial charge on any atom is -0.462 e. The van der Waals surface area contributed by atoms with Gasteiger partial charge in [-0.1, -0.05) is 364 Å². The molecule has 0 amide bonds. The van der Waals surface area contributed by atoms with E-state index in [1.807, 2.05) is 0 Å². The number of ether oxygens (including phenoxy) is 4. The normalized spacial score (nSPS) is 14.6. The fourth-order valence-corrected chi connectivity index (χ4v) is 13.9. The molecule has 0 aliphatic heterocycles. The molecular weight excluding hydrogens is 1310 g/mol. The Labute approximate surface area is 613 Å². The highest BCUT2D eigenvalue weighted by molar-refractivity contribution is 7.47. The van der Waals surface area contributed by atoms with Gasteiger partial charge in [-0.15, -0.1) is 0 Å². The highest BCUT2D eigenvalue weighted by Gasteiger charge is 2.30. The SMILES string of the molecule is CCC(C)CCCCCCCCCCCCCCCCCCCCC(=O)OC[C@H](COP(=O)(O)OC[C@@H](O)COP(=O)(O)OC[C@@H](COC(=O)CCCCCCCCC(C)CC)OC(=O)CCCCCCCCCCCCCCCCCC(C)C)OC(=O)CCCCCCCCCC(C)C. The molecule has 0 aliphatic rings. The molecule has 0 aliphatic carbocycles. The van der Waals surface area contributed by atoms with Crippen molar-refractivity contribution in [3.05, 3.63) is 0 Å². The Kier molecular flexibility index (Phi) is 68.7. The van der Waals surface area contributed by atoms with Crippen LogP contribution in [0.25, 0.3) is 0 Å². The average molecular weight is 1470 g/mol. The number of aliphatic hydroxyl groups is 1. The minimum atomic E-state index is -4.96. The van der Waals surface area contributed by atoms with Crippen LogP contribution >= 0.6 is 15.6 Å². The van der Waals surface area contributed by atoms with Crippen LogP contribution in [0.4, 0.5) is 0 Å². The molecule has 19 heteroatoms. The van der Waals surface area contributed by atoms with Gasteiger partial charge in [0, 0.05) is 25.7 Å². The monoisotopic (exact) mass is 1470 g/mol. The van der Waals surface area contributed by atoms with Crippen LogP contribution in [-0.2, 0) is 65.4 Å². The third kappa shape index (κ3) is 71.7. The number of hydrogen-bond acceptors (Lipinski definition) is 15. The molecule has 0 fully saturated rings. The van der Waals surface area contributed by atoms with Crippen LogP contribution < -0.4 is 0 Å². The largest absolute Gasteiger partial charge is 0.472 e. The lowest BCUT2D eigenvalue weighted by Crippen LogP contribution is -2.30. The van der Waals surface area contributed by atoms with E-state index in [0.717, 1.165) is 114 Å². The molecule has 100 heavy (non-hydrogen) atoms. The molecule has 0 saturated carbocycles. The van der Waals surface area contributed by atoms with Gasteiger partial charge >= 0.3 is 39.5 Å². The van der Waals surface area contributed by atoms with Crippen molar-refractivity contribution in [2.75, 3.05) is 39.6 Å². The predicted molar refractivity (Wildman–Crippen MR) is 409 cm³/mol. The second kappa shape index (κ2) is 70.1. The molecule has 7 atom stereocenters. The van der Waals surface area contributed by atoms with Crippen LogP contribution in [0.1, 0.15) is 415 Å². The number of carbonyl (C=O) groups excluding carboxylic acids is 4. The van der Waals surface area contributed by atoms with Gasteiger partial charge in [0.2, 0.25) is 0 Å². The average Bonchev–Trinajstić information content (AvgIpc) is 0.967. The number of rotatable bonds is 78. The molecule has 594 valence electrons. The zero-order valence-electron chi connectivity index (χ0n) is 65.8. The summed E-state index contributed by atoms with van der Waals surface area (Å²) in [4.78, 5) is 72.9. The van der Waals surface area contributed by atoms with E-state index in [1.54, 1.807) is 0 Å². The zero-order valence-corrected chi connectivity index (χ0v) is 67.6. The van der Waals surface area contributed by atoms with Crippen LogP contribution in [0.3, 0.4) is 0 Å². The lowest BCUT2D eigenvalue weighted by Gasteiger charge is -2.21.